The van der Waals surface area contributed by atoms with E-state index in [0.29, 0.717) is 23.9 Å². The Morgan fingerprint density at radius 3 is 2.46 bits per heavy atom. The molecule has 1 aromatic heterocycles. The van der Waals surface area contributed by atoms with Gasteiger partial charge in [-0.25, -0.2) is 0 Å². The average Bonchev–Trinajstić information content (AvgIpc) is 3.28. The number of rotatable bonds is 5. The molecule has 1 aliphatic carbocycles. The SMILES string of the molecule is CC(C)N1CCC(N(C)C2CN(c3ccc(C4CC4)nn3)C2)C1=O. The number of anilines is 1. The summed E-state index contributed by atoms with van der Waals surface area (Å²) in [4.78, 5) is 19.1. The van der Waals surface area contributed by atoms with Gasteiger partial charge in [-0.05, 0) is 52.3 Å². The molecule has 3 aliphatic rings. The Hall–Kier alpha value is -1.69. The fourth-order valence-electron chi connectivity index (χ4n) is 3.83. The average molecular weight is 329 g/mol. The lowest BCUT2D eigenvalue weighted by molar-refractivity contribution is -0.133. The fourth-order valence-corrected chi connectivity index (χ4v) is 3.83. The van der Waals surface area contributed by atoms with Crippen LogP contribution >= 0.6 is 0 Å². The number of carbonyl (C=O) groups excluding carboxylic acids is 1. The topological polar surface area (TPSA) is 52.6 Å². The first-order valence-corrected chi connectivity index (χ1v) is 9.15. The Bertz CT molecular complexity index is 606. The van der Waals surface area contributed by atoms with E-state index in [-0.39, 0.29) is 6.04 Å². The van der Waals surface area contributed by atoms with Crippen LogP contribution in [0, 0.1) is 0 Å². The summed E-state index contributed by atoms with van der Waals surface area (Å²) in [5, 5.41) is 8.75. The van der Waals surface area contributed by atoms with Crippen molar-refractivity contribution in [2.45, 2.75) is 57.2 Å². The van der Waals surface area contributed by atoms with Crippen LogP contribution < -0.4 is 4.90 Å². The van der Waals surface area contributed by atoms with Crippen molar-refractivity contribution in [1.82, 2.24) is 20.0 Å². The number of amides is 1. The number of hydrogen-bond acceptors (Lipinski definition) is 5. The van der Waals surface area contributed by atoms with E-state index in [4.69, 9.17) is 0 Å². The molecule has 3 fully saturated rings. The maximum absolute atomic E-state index is 12.5. The van der Waals surface area contributed by atoms with Gasteiger partial charge in [0.2, 0.25) is 5.91 Å². The van der Waals surface area contributed by atoms with Gasteiger partial charge in [0.25, 0.3) is 0 Å². The third-order valence-electron chi connectivity index (χ3n) is 5.76. The normalized spacial score (nSPS) is 25.0. The molecule has 1 amide bonds. The van der Waals surface area contributed by atoms with Gasteiger partial charge in [-0.3, -0.25) is 9.69 Å². The van der Waals surface area contributed by atoms with Gasteiger partial charge in [0.05, 0.1) is 11.7 Å². The summed E-state index contributed by atoms with van der Waals surface area (Å²) >= 11 is 0. The highest BCUT2D eigenvalue weighted by atomic mass is 16.2. The highest BCUT2D eigenvalue weighted by molar-refractivity contribution is 5.84. The Kier molecular flexibility index (Phi) is 3.95. The molecule has 1 saturated carbocycles. The molecule has 2 saturated heterocycles. The van der Waals surface area contributed by atoms with Crippen LogP contribution in [-0.2, 0) is 4.79 Å². The highest BCUT2D eigenvalue weighted by Crippen LogP contribution is 2.39. The van der Waals surface area contributed by atoms with Gasteiger partial charge in [-0.2, -0.15) is 5.10 Å². The summed E-state index contributed by atoms with van der Waals surface area (Å²) in [7, 11) is 2.09. The summed E-state index contributed by atoms with van der Waals surface area (Å²) in [6.45, 7) is 6.93. The lowest BCUT2D eigenvalue weighted by Crippen LogP contribution is -2.62. The number of likely N-dealkylation sites (N-methyl/N-ethyl adjacent to an activating group) is 1. The van der Waals surface area contributed by atoms with E-state index >= 15 is 0 Å². The third kappa shape index (κ3) is 2.77. The van der Waals surface area contributed by atoms with Crippen LogP contribution in [0.4, 0.5) is 5.82 Å². The predicted octanol–water partition coefficient (Wildman–Crippen LogP) is 1.48. The molecule has 1 aromatic rings. The number of carbonyl (C=O) groups is 1. The molecule has 1 atom stereocenters. The van der Waals surface area contributed by atoms with Crippen LogP contribution in [0.5, 0.6) is 0 Å². The van der Waals surface area contributed by atoms with Crippen molar-refractivity contribution in [3.63, 3.8) is 0 Å². The second kappa shape index (κ2) is 5.99. The van der Waals surface area contributed by atoms with Gasteiger partial charge in [-0.15, -0.1) is 5.10 Å². The molecule has 6 nitrogen and oxygen atoms in total. The smallest absolute Gasteiger partial charge is 0.240 e. The Morgan fingerprint density at radius 2 is 1.92 bits per heavy atom. The summed E-state index contributed by atoms with van der Waals surface area (Å²) in [5.74, 6) is 1.91. The predicted molar refractivity (Wildman–Crippen MR) is 93.0 cm³/mol. The second-order valence-electron chi connectivity index (χ2n) is 7.74. The molecular weight excluding hydrogens is 302 g/mol. The minimum Gasteiger partial charge on any atom is -0.352 e. The van der Waals surface area contributed by atoms with Gasteiger partial charge in [0, 0.05) is 37.6 Å². The van der Waals surface area contributed by atoms with Gasteiger partial charge in [-0.1, -0.05) is 0 Å². The van der Waals surface area contributed by atoms with Gasteiger partial charge in [0.15, 0.2) is 5.82 Å². The molecule has 130 valence electrons. The third-order valence-corrected chi connectivity index (χ3v) is 5.76. The maximum Gasteiger partial charge on any atom is 0.240 e. The standard InChI is InChI=1S/C18H27N5O/c1-12(2)23-9-8-16(18(23)24)21(3)14-10-22(11-14)17-7-6-15(19-20-17)13-4-5-13/h6-7,12-14,16H,4-5,8-11H2,1-3H3. The highest BCUT2D eigenvalue weighted by Gasteiger charge is 2.41. The zero-order valence-corrected chi connectivity index (χ0v) is 14.9. The van der Waals surface area contributed by atoms with Crippen molar-refractivity contribution in [3.05, 3.63) is 17.8 Å². The first-order valence-electron chi connectivity index (χ1n) is 9.15. The Balaban J connectivity index is 1.32. The summed E-state index contributed by atoms with van der Waals surface area (Å²) in [6, 6.07) is 4.99. The first kappa shape index (κ1) is 15.8. The molecule has 3 heterocycles. The van der Waals surface area contributed by atoms with E-state index < -0.39 is 0 Å². The van der Waals surface area contributed by atoms with Crippen LogP contribution in [0.15, 0.2) is 12.1 Å². The maximum atomic E-state index is 12.5. The van der Waals surface area contributed by atoms with Crippen LogP contribution in [0.1, 0.15) is 44.7 Å². The molecule has 0 spiro atoms. The van der Waals surface area contributed by atoms with E-state index in [0.717, 1.165) is 37.6 Å². The fraction of sp³-hybridized carbons (Fsp3) is 0.722. The van der Waals surface area contributed by atoms with Crippen LogP contribution in [0.2, 0.25) is 0 Å². The van der Waals surface area contributed by atoms with Gasteiger partial charge >= 0.3 is 0 Å². The van der Waals surface area contributed by atoms with Crippen molar-refractivity contribution in [1.29, 1.82) is 0 Å². The van der Waals surface area contributed by atoms with E-state index in [2.05, 4.69) is 53.0 Å². The largest absolute Gasteiger partial charge is 0.352 e. The van der Waals surface area contributed by atoms with E-state index in [1.54, 1.807) is 0 Å². The zero-order chi connectivity index (χ0) is 16.8. The molecule has 2 aliphatic heterocycles. The quantitative estimate of drug-likeness (QED) is 0.819. The Morgan fingerprint density at radius 1 is 1.17 bits per heavy atom. The second-order valence-corrected chi connectivity index (χ2v) is 7.74. The molecule has 6 heteroatoms. The molecule has 4 rings (SSSR count). The number of hydrogen-bond donors (Lipinski definition) is 0. The van der Waals surface area contributed by atoms with E-state index in [1.165, 1.54) is 12.8 Å². The van der Waals surface area contributed by atoms with Crippen LogP contribution in [-0.4, -0.2) is 70.7 Å². The summed E-state index contributed by atoms with van der Waals surface area (Å²) < 4.78 is 0. The number of likely N-dealkylation sites (tertiary alicyclic amines) is 1. The molecular formula is C18H27N5O. The van der Waals surface area contributed by atoms with E-state index in [9.17, 15) is 4.79 Å². The van der Waals surface area contributed by atoms with Crippen molar-refractivity contribution < 1.29 is 4.79 Å². The van der Waals surface area contributed by atoms with Crippen molar-refractivity contribution >= 4 is 11.7 Å². The van der Waals surface area contributed by atoms with Gasteiger partial charge in [0.1, 0.15) is 0 Å². The molecule has 0 bridgehead atoms. The van der Waals surface area contributed by atoms with Crippen molar-refractivity contribution in [2.24, 2.45) is 0 Å². The minimum absolute atomic E-state index is 0.0443. The van der Waals surface area contributed by atoms with Crippen molar-refractivity contribution in [2.75, 3.05) is 31.6 Å². The summed E-state index contributed by atoms with van der Waals surface area (Å²) in [5.41, 5.74) is 1.14. The number of nitrogens with zero attached hydrogens (tertiary/aromatic N) is 5. The molecule has 1 unspecified atom stereocenters. The molecule has 0 N–H and O–H groups in total. The van der Waals surface area contributed by atoms with Crippen LogP contribution in [0.25, 0.3) is 0 Å². The minimum atomic E-state index is 0.0443. The molecule has 24 heavy (non-hydrogen) atoms. The molecule has 0 aromatic carbocycles. The lowest BCUT2D eigenvalue weighted by Gasteiger charge is -2.46. The van der Waals surface area contributed by atoms with Crippen molar-refractivity contribution in [3.8, 4) is 0 Å². The first-order chi connectivity index (χ1) is 11.5. The van der Waals surface area contributed by atoms with Gasteiger partial charge < -0.3 is 9.80 Å². The number of aromatic nitrogens is 2. The summed E-state index contributed by atoms with van der Waals surface area (Å²) in [6.07, 6.45) is 3.46. The molecule has 0 radical (unpaired) electrons. The zero-order valence-electron chi connectivity index (χ0n) is 14.9. The lowest BCUT2D eigenvalue weighted by atomic mass is 10.0. The monoisotopic (exact) mass is 329 g/mol. The Labute approximate surface area is 143 Å². The van der Waals surface area contributed by atoms with Crippen LogP contribution in [0.3, 0.4) is 0 Å². The van der Waals surface area contributed by atoms with E-state index in [1.807, 2.05) is 4.90 Å².